The predicted molar refractivity (Wildman–Crippen MR) is 50.3 cm³/mol. The molecule has 0 bridgehead atoms. The molecule has 0 aromatic heterocycles. The summed E-state index contributed by atoms with van der Waals surface area (Å²) >= 11 is 0. The average molecular weight is 187 g/mol. The summed E-state index contributed by atoms with van der Waals surface area (Å²) < 4.78 is 0. The largest absolute Gasteiger partial charge is 0.478 e. The minimum atomic E-state index is -0.940. The molecule has 13 heavy (non-hydrogen) atoms. The fourth-order valence-electron chi connectivity index (χ4n) is 1.07. The van der Waals surface area contributed by atoms with Crippen molar-refractivity contribution in [2.45, 2.75) is 26.4 Å². The fraction of sp³-hybridized carbons (Fsp3) is 0.667. The zero-order valence-corrected chi connectivity index (χ0v) is 8.53. The van der Waals surface area contributed by atoms with Crippen molar-refractivity contribution < 1.29 is 15.0 Å². The van der Waals surface area contributed by atoms with Crippen LogP contribution in [-0.2, 0) is 4.79 Å². The van der Waals surface area contributed by atoms with Gasteiger partial charge in [-0.05, 0) is 13.8 Å². The Morgan fingerprint density at radius 3 is 2.15 bits per heavy atom. The maximum Gasteiger partial charge on any atom is 0.333 e. The van der Waals surface area contributed by atoms with E-state index in [0.29, 0.717) is 12.1 Å². The third-order valence-electron chi connectivity index (χ3n) is 1.78. The van der Waals surface area contributed by atoms with E-state index >= 15 is 0 Å². The third-order valence-corrected chi connectivity index (χ3v) is 1.78. The van der Waals surface area contributed by atoms with Gasteiger partial charge in [0, 0.05) is 26.2 Å². The van der Waals surface area contributed by atoms with Crippen LogP contribution in [0.2, 0.25) is 0 Å². The number of rotatable bonds is 4. The van der Waals surface area contributed by atoms with Crippen LogP contribution < -0.4 is 0 Å². The van der Waals surface area contributed by atoms with E-state index in [1.165, 1.54) is 0 Å². The summed E-state index contributed by atoms with van der Waals surface area (Å²) in [6.45, 7) is 3.18. The maximum absolute atomic E-state index is 10.7. The standard InChI is InChI=1S/C9H17NO3/c1-6(11)5-8(10(3)4)7(2)9(12)13/h6,11H,5H2,1-4H3,(H,12,13)/b8-7+. The Bertz CT molecular complexity index is 219. The van der Waals surface area contributed by atoms with Crippen LogP contribution in [0.5, 0.6) is 0 Å². The number of aliphatic hydroxyl groups is 1. The van der Waals surface area contributed by atoms with Crippen molar-refractivity contribution in [3.8, 4) is 0 Å². The van der Waals surface area contributed by atoms with Crippen LogP contribution >= 0.6 is 0 Å². The lowest BCUT2D eigenvalue weighted by molar-refractivity contribution is -0.132. The number of hydrogen-bond acceptors (Lipinski definition) is 3. The molecule has 0 amide bonds. The van der Waals surface area contributed by atoms with Crippen molar-refractivity contribution in [1.29, 1.82) is 0 Å². The maximum atomic E-state index is 10.7. The highest BCUT2D eigenvalue weighted by atomic mass is 16.4. The normalized spacial score (nSPS) is 14.8. The molecule has 0 saturated heterocycles. The molecule has 0 rings (SSSR count). The van der Waals surface area contributed by atoms with Gasteiger partial charge in [-0.2, -0.15) is 0 Å². The van der Waals surface area contributed by atoms with Crippen molar-refractivity contribution in [2.24, 2.45) is 0 Å². The van der Waals surface area contributed by atoms with E-state index in [9.17, 15) is 4.79 Å². The van der Waals surface area contributed by atoms with Gasteiger partial charge in [0.2, 0.25) is 0 Å². The minimum absolute atomic E-state index is 0.283. The molecule has 0 radical (unpaired) electrons. The molecular weight excluding hydrogens is 170 g/mol. The summed E-state index contributed by atoms with van der Waals surface area (Å²) in [5.41, 5.74) is 0.938. The number of carboxylic acids is 1. The lowest BCUT2D eigenvalue weighted by Crippen LogP contribution is -2.19. The first-order valence-corrected chi connectivity index (χ1v) is 4.14. The fourth-order valence-corrected chi connectivity index (χ4v) is 1.07. The SMILES string of the molecule is C/C(C(=O)O)=C(/CC(C)O)N(C)C. The second kappa shape index (κ2) is 4.87. The summed E-state index contributed by atoms with van der Waals surface area (Å²) in [5.74, 6) is -0.940. The van der Waals surface area contributed by atoms with Gasteiger partial charge in [-0.1, -0.05) is 0 Å². The van der Waals surface area contributed by atoms with E-state index in [2.05, 4.69) is 0 Å². The van der Waals surface area contributed by atoms with Gasteiger partial charge < -0.3 is 15.1 Å². The number of carbonyl (C=O) groups is 1. The molecule has 1 atom stereocenters. The summed E-state index contributed by atoms with van der Waals surface area (Å²) in [7, 11) is 3.54. The van der Waals surface area contributed by atoms with Crippen LogP contribution in [0.1, 0.15) is 20.3 Å². The monoisotopic (exact) mass is 187 g/mol. The highest BCUT2D eigenvalue weighted by Crippen LogP contribution is 2.13. The van der Waals surface area contributed by atoms with Crippen molar-refractivity contribution in [2.75, 3.05) is 14.1 Å². The molecule has 0 aliphatic rings. The molecule has 0 aliphatic carbocycles. The summed E-state index contributed by atoms with van der Waals surface area (Å²) in [6.07, 6.45) is -0.155. The third kappa shape index (κ3) is 3.94. The number of aliphatic hydroxyl groups excluding tert-OH is 1. The van der Waals surface area contributed by atoms with E-state index in [1.54, 1.807) is 32.8 Å². The van der Waals surface area contributed by atoms with Crippen LogP contribution in [0.25, 0.3) is 0 Å². The van der Waals surface area contributed by atoms with Gasteiger partial charge in [-0.3, -0.25) is 0 Å². The highest BCUT2D eigenvalue weighted by Gasteiger charge is 2.12. The van der Waals surface area contributed by atoms with Crippen LogP contribution in [-0.4, -0.2) is 41.3 Å². The molecule has 4 nitrogen and oxygen atoms in total. The molecule has 4 heteroatoms. The zero-order chi connectivity index (χ0) is 10.6. The van der Waals surface area contributed by atoms with Crippen LogP contribution in [0, 0.1) is 0 Å². The van der Waals surface area contributed by atoms with E-state index in [1.807, 2.05) is 0 Å². The second-order valence-electron chi connectivity index (χ2n) is 3.32. The van der Waals surface area contributed by atoms with Gasteiger partial charge in [-0.25, -0.2) is 4.79 Å². The molecule has 0 spiro atoms. The number of aliphatic carboxylic acids is 1. The van der Waals surface area contributed by atoms with Gasteiger partial charge in [0.25, 0.3) is 0 Å². The Labute approximate surface area is 78.5 Å². The molecular formula is C9H17NO3. The quantitative estimate of drug-likeness (QED) is 0.635. The lowest BCUT2D eigenvalue weighted by Gasteiger charge is -2.20. The highest BCUT2D eigenvalue weighted by molar-refractivity contribution is 5.86. The lowest BCUT2D eigenvalue weighted by atomic mass is 10.1. The minimum Gasteiger partial charge on any atom is -0.478 e. The molecule has 0 saturated carbocycles. The van der Waals surface area contributed by atoms with E-state index in [-0.39, 0.29) is 5.57 Å². The van der Waals surface area contributed by atoms with Crippen LogP contribution in [0.15, 0.2) is 11.3 Å². The van der Waals surface area contributed by atoms with Gasteiger partial charge in [0.15, 0.2) is 0 Å². The molecule has 0 aromatic rings. The first-order valence-electron chi connectivity index (χ1n) is 4.14. The number of nitrogens with zero attached hydrogens (tertiary/aromatic N) is 1. The van der Waals surface area contributed by atoms with Crippen LogP contribution in [0.3, 0.4) is 0 Å². The summed E-state index contributed by atoms with van der Waals surface area (Å²) in [6, 6.07) is 0. The van der Waals surface area contributed by atoms with E-state index < -0.39 is 12.1 Å². The Morgan fingerprint density at radius 2 is 1.92 bits per heavy atom. The molecule has 2 N–H and O–H groups in total. The summed E-state index contributed by atoms with van der Waals surface area (Å²) in [4.78, 5) is 12.4. The van der Waals surface area contributed by atoms with Gasteiger partial charge in [-0.15, -0.1) is 0 Å². The molecule has 1 unspecified atom stereocenters. The first-order chi connectivity index (χ1) is 5.86. The Kier molecular flexibility index (Phi) is 4.48. The van der Waals surface area contributed by atoms with E-state index in [4.69, 9.17) is 10.2 Å². The number of hydrogen-bond donors (Lipinski definition) is 2. The second-order valence-corrected chi connectivity index (χ2v) is 3.32. The number of carboxylic acid groups (broad SMARTS) is 1. The summed E-state index contributed by atoms with van der Waals surface area (Å²) in [5, 5.41) is 17.9. The van der Waals surface area contributed by atoms with Crippen molar-refractivity contribution in [3.05, 3.63) is 11.3 Å². The molecule has 0 aromatic carbocycles. The molecule has 76 valence electrons. The molecule has 0 fully saturated rings. The smallest absolute Gasteiger partial charge is 0.333 e. The van der Waals surface area contributed by atoms with E-state index in [0.717, 1.165) is 0 Å². The van der Waals surface area contributed by atoms with Gasteiger partial charge in [0.1, 0.15) is 0 Å². The van der Waals surface area contributed by atoms with Gasteiger partial charge in [0.05, 0.1) is 11.7 Å². The Morgan fingerprint density at radius 1 is 1.46 bits per heavy atom. The Hall–Kier alpha value is -1.03. The van der Waals surface area contributed by atoms with Crippen molar-refractivity contribution >= 4 is 5.97 Å². The average Bonchev–Trinajstić information content (AvgIpc) is 1.97. The predicted octanol–water partition coefficient (Wildman–Crippen LogP) is 0.677. The van der Waals surface area contributed by atoms with Crippen LogP contribution in [0.4, 0.5) is 0 Å². The van der Waals surface area contributed by atoms with Crippen molar-refractivity contribution in [1.82, 2.24) is 4.90 Å². The van der Waals surface area contributed by atoms with Crippen molar-refractivity contribution in [3.63, 3.8) is 0 Å². The zero-order valence-electron chi connectivity index (χ0n) is 8.53. The molecule has 0 aliphatic heterocycles. The Balaban J connectivity index is 4.78. The molecule has 0 heterocycles. The first kappa shape index (κ1) is 12.0. The topological polar surface area (TPSA) is 60.8 Å². The van der Waals surface area contributed by atoms with Gasteiger partial charge >= 0.3 is 5.97 Å².